The molecule has 8 aliphatic rings. The van der Waals surface area contributed by atoms with Crippen LogP contribution in [0.5, 0.6) is 0 Å². The maximum atomic E-state index is 11.5. The van der Waals surface area contributed by atoms with Crippen LogP contribution < -0.4 is 10.2 Å². The van der Waals surface area contributed by atoms with Crippen LogP contribution >= 0.6 is 0 Å². The quantitative estimate of drug-likeness (QED) is 0.194. The normalized spacial score (nSPS) is 52.0. The summed E-state index contributed by atoms with van der Waals surface area (Å²) in [6.45, 7) is 13.3. The van der Waals surface area contributed by atoms with Gasteiger partial charge >= 0.3 is 48.9 Å². The average molecular weight is 952 g/mol. The third-order valence-corrected chi connectivity index (χ3v) is 20.6. The molecule has 0 amide bonds. The second-order valence-corrected chi connectivity index (χ2v) is 22.8. The molecule has 8 rings (SSSR count). The van der Waals surface area contributed by atoms with Crippen LogP contribution in [0, 0.1) is 92.7 Å². The maximum Gasteiger partial charge on any atom is 2.00 e. The van der Waals surface area contributed by atoms with Crippen LogP contribution in [0.15, 0.2) is 0 Å². The molecule has 0 saturated heterocycles. The summed E-state index contributed by atoms with van der Waals surface area (Å²) < 4.78 is 0. The molecule has 8 saturated carbocycles. The van der Waals surface area contributed by atoms with Crippen molar-refractivity contribution in [3.63, 3.8) is 0 Å². The summed E-state index contributed by atoms with van der Waals surface area (Å²) in [5.74, 6) is 1.27. The van der Waals surface area contributed by atoms with E-state index in [4.69, 9.17) is 0 Å². The van der Waals surface area contributed by atoms with Crippen molar-refractivity contribution in [2.24, 2.45) is 92.7 Å². The van der Waals surface area contributed by atoms with Gasteiger partial charge in [-0.2, -0.15) is 0 Å². The average Bonchev–Trinajstić information content (AvgIpc) is 3.70. The number of carboxylic acid groups (broad SMARTS) is 2. The number of carboxylic acids is 2. The van der Waals surface area contributed by atoms with E-state index in [9.17, 15) is 50.4 Å². The summed E-state index contributed by atoms with van der Waals surface area (Å²) in [5, 5.41) is 87.7. The molecule has 0 aliphatic heterocycles. The molecule has 4 unspecified atom stereocenters. The third kappa shape index (κ3) is 8.39. The molecule has 0 aromatic heterocycles. The predicted octanol–water partition coefficient (Wildman–Crippen LogP) is 3.85. The number of carbonyl (C=O) groups is 2. The van der Waals surface area contributed by atoms with Crippen LogP contribution in [0.2, 0.25) is 0 Å². The van der Waals surface area contributed by atoms with Crippen molar-refractivity contribution in [3.8, 4) is 0 Å². The monoisotopic (exact) mass is 952 g/mol. The fraction of sp³-hybridized carbons (Fsp3) is 0.958. The standard InChI is InChI=1S/2C24H40O5.Ba/c2*1-13(4-7-21(28)29)16-5-6-17-22-18(12-20(27)24(16,17)3)23(2)9-8-15(25)10-14(23)11-19(22)26;/h2*13-20,22,25-27H,4-12H2,1-3H3,(H,28,29);/q;;+2/p-2/t2*13?,14?,15-,16-,17+,18+,19-,20+,22+,23+,24-;/m11./s1. The number of aliphatic hydroxyl groups excluding tert-OH is 6. The van der Waals surface area contributed by atoms with Crippen molar-refractivity contribution in [2.75, 3.05) is 0 Å². The summed E-state index contributed by atoms with van der Waals surface area (Å²) in [6.07, 6.45) is 11.4. The zero-order chi connectivity index (χ0) is 42.3. The van der Waals surface area contributed by atoms with E-state index in [0.717, 1.165) is 89.9 Å². The Morgan fingerprint density at radius 1 is 0.542 bits per heavy atom. The summed E-state index contributed by atoms with van der Waals surface area (Å²) in [4.78, 5) is 21.9. The van der Waals surface area contributed by atoms with E-state index in [-0.39, 0.29) is 155 Å². The number of aliphatic hydroxyl groups is 6. The van der Waals surface area contributed by atoms with Gasteiger partial charge in [-0.1, -0.05) is 41.5 Å². The number of hydrogen-bond donors (Lipinski definition) is 6. The fourth-order valence-electron chi connectivity index (χ4n) is 17.4. The zero-order valence-electron chi connectivity index (χ0n) is 37.1. The Morgan fingerprint density at radius 3 is 1.24 bits per heavy atom. The van der Waals surface area contributed by atoms with Gasteiger partial charge in [0.05, 0.1) is 36.6 Å². The van der Waals surface area contributed by atoms with E-state index in [0.29, 0.717) is 36.5 Å². The molecular formula is C48H78BaO10. The Hall–Kier alpha value is 0.271. The molecule has 0 aromatic rings. The molecule has 8 aliphatic carbocycles. The van der Waals surface area contributed by atoms with E-state index in [1.807, 2.05) is 0 Å². The van der Waals surface area contributed by atoms with E-state index in [1.165, 1.54) is 0 Å². The van der Waals surface area contributed by atoms with Crippen molar-refractivity contribution in [2.45, 2.75) is 194 Å². The summed E-state index contributed by atoms with van der Waals surface area (Å²) >= 11 is 0. The number of carbonyl (C=O) groups excluding carboxylic acids is 2. The van der Waals surface area contributed by atoms with Gasteiger partial charge in [0.25, 0.3) is 0 Å². The second kappa shape index (κ2) is 18.3. The SMILES string of the molecule is CC(CCC(=O)[O-])[C@H]1CC[C@H]2[C@@H]3[C@H](O)CC4C[C@H](O)CC[C@]4(C)[C@H]3C[C@H](O)[C@]12C.CC(CCC(=O)[O-])[C@H]1CC[C@H]2[C@@H]3[C@H](O)CC4C[C@H](O)CC[C@]4(C)[C@H]3C[C@H](O)[C@]12C.[Ba+2]. The van der Waals surface area contributed by atoms with Gasteiger partial charge in [0.15, 0.2) is 0 Å². The smallest absolute Gasteiger partial charge is 0.550 e. The fourth-order valence-corrected chi connectivity index (χ4v) is 17.4. The minimum Gasteiger partial charge on any atom is -0.550 e. The van der Waals surface area contributed by atoms with Crippen LogP contribution in [0.25, 0.3) is 0 Å². The van der Waals surface area contributed by atoms with Crippen molar-refractivity contribution in [3.05, 3.63) is 0 Å². The molecule has 0 spiro atoms. The van der Waals surface area contributed by atoms with Gasteiger partial charge in [0.2, 0.25) is 0 Å². The first-order valence-corrected chi connectivity index (χ1v) is 23.7. The zero-order valence-corrected chi connectivity index (χ0v) is 41.6. The Kier molecular flexibility index (Phi) is 15.1. The molecule has 0 radical (unpaired) electrons. The summed E-state index contributed by atoms with van der Waals surface area (Å²) in [5.41, 5.74) is -0.343. The van der Waals surface area contributed by atoms with Gasteiger partial charge in [-0.05, 0) is 208 Å². The van der Waals surface area contributed by atoms with Crippen LogP contribution in [0.3, 0.4) is 0 Å². The van der Waals surface area contributed by atoms with Gasteiger partial charge in [-0.15, -0.1) is 0 Å². The maximum absolute atomic E-state index is 11.5. The summed E-state index contributed by atoms with van der Waals surface area (Å²) in [7, 11) is 0. The van der Waals surface area contributed by atoms with E-state index in [1.54, 1.807) is 0 Å². The van der Waals surface area contributed by atoms with E-state index in [2.05, 4.69) is 41.5 Å². The van der Waals surface area contributed by atoms with Crippen LogP contribution in [-0.2, 0) is 9.59 Å². The Balaban J connectivity index is 0.000000195. The molecule has 8 fully saturated rings. The molecule has 0 aromatic carbocycles. The molecule has 0 bridgehead atoms. The Labute approximate surface area is 394 Å². The number of hydrogen-bond acceptors (Lipinski definition) is 10. The minimum atomic E-state index is -0.998. The van der Waals surface area contributed by atoms with E-state index < -0.39 is 24.1 Å². The first-order valence-electron chi connectivity index (χ1n) is 23.7. The Bertz CT molecular complexity index is 1390. The molecule has 332 valence electrons. The predicted molar refractivity (Wildman–Crippen MR) is 221 cm³/mol. The van der Waals surface area contributed by atoms with E-state index >= 15 is 0 Å². The van der Waals surface area contributed by atoms with Gasteiger partial charge in [-0.3, -0.25) is 0 Å². The van der Waals surface area contributed by atoms with Crippen molar-refractivity contribution in [1.29, 1.82) is 0 Å². The van der Waals surface area contributed by atoms with Crippen molar-refractivity contribution in [1.82, 2.24) is 0 Å². The van der Waals surface area contributed by atoms with Crippen LogP contribution in [0.4, 0.5) is 0 Å². The molecule has 11 heteroatoms. The topological polar surface area (TPSA) is 202 Å². The van der Waals surface area contributed by atoms with Gasteiger partial charge in [0, 0.05) is 11.9 Å². The Morgan fingerprint density at radius 2 is 0.898 bits per heavy atom. The summed E-state index contributed by atoms with van der Waals surface area (Å²) in [6, 6.07) is 0. The number of fused-ring (bicyclic) bond motifs is 10. The third-order valence-electron chi connectivity index (χ3n) is 20.6. The number of rotatable bonds is 8. The molecule has 22 atom stereocenters. The molecule has 59 heavy (non-hydrogen) atoms. The largest absolute Gasteiger partial charge is 2.00 e. The number of aliphatic carboxylic acids is 2. The van der Waals surface area contributed by atoms with Gasteiger partial charge in [-0.25, -0.2) is 0 Å². The minimum absolute atomic E-state index is 0. The first-order chi connectivity index (χ1) is 27.2. The van der Waals surface area contributed by atoms with Crippen LogP contribution in [0.1, 0.15) is 157 Å². The molecule has 6 N–H and O–H groups in total. The molecule has 0 heterocycles. The first kappa shape index (κ1) is 48.7. The van der Waals surface area contributed by atoms with Gasteiger partial charge < -0.3 is 50.4 Å². The second-order valence-electron chi connectivity index (χ2n) is 22.8. The van der Waals surface area contributed by atoms with Crippen LogP contribution in [-0.4, -0.2) is 128 Å². The molecule has 10 nitrogen and oxygen atoms in total. The van der Waals surface area contributed by atoms with Crippen molar-refractivity contribution >= 4 is 60.8 Å². The van der Waals surface area contributed by atoms with Gasteiger partial charge in [0.1, 0.15) is 0 Å². The van der Waals surface area contributed by atoms with Crippen molar-refractivity contribution < 1.29 is 50.4 Å². The molecular weight excluding hydrogens is 874 g/mol.